The van der Waals surface area contributed by atoms with Crippen LogP contribution in [0.4, 0.5) is 11.4 Å². The summed E-state index contributed by atoms with van der Waals surface area (Å²) in [4.78, 5) is 0. The molecule has 0 aliphatic rings. The maximum atomic E-state index is 6.76. The van der Waals surface area contributed by atoms with Crippen LogP contribution in [0.1, 0.15) is 156 Å². The van der Waals surface area contributed by atoms with Gasteiger partial charge in [-0.25, -0.2) is 0 Å². The maximum Gasteiger partial charge on any atom is 0.0353 e. The zero-order chi connectivity index (χ0) is 29.3. The number of aryl methyl sites for hydroxylation is 1. The highest BCUT2D eigenvalue weighted by Crippen LogP contribution is 2.38. The molecular formula is C39H58N2. The quantitative estimate of drug-likeness (QED) is 0.108. The fraction of sp³-hybridized carbons (Fsp3) is 0.538. The highest BCUT2D eigenvalue weighted by atomic mass is 14.6. The molecule has 4 N–H and O–H groups in total. The molecule has 0 saturated carbocycles. The van der Waals surface area contributed by atoms with Crippen LogP contribution in [0.2, 0.25) is 0 Å². The molecule has 2 atom stereocenters. The first-order valence-electron chi connectivity index (χ1n) is 16.8. The van der Waals surface area contributed by atoms with E-state index in [0.717, 1.165) is 24.2 Å². The van der Waals surface area contributed by atoms with Crippen LogP contribution in [0.3, 0.4) is 0 Å². The molecule has 224 valence electrons. The Labute approximate surface area is 252 Å². The molecule has 41 heavy (non-hydrogen) atoms. The molecule has 2 heteroatoms. The van der Waals surface area contributed by atoms with Gasteiger partial charge in [-0.3, -0.25) is 0 Å². The smallest absolute Gasteiger partial charge is 0.0353 e. The number of anilines is 2. The Balaban J connectivity index is 1.82. The van der Waals surface area contributed by atoms with Crippen molar-refractivity contribution >= 4 is 11.4 Å². The van der Waals surface area contributed by atoms with E-state index >= 15 is 0 Å². The lowest BCUT2D eigenvalue weighted by Crippen LogP contribution is -2.09. The standard InChI is InChI=1S/C39H58N2/c1-4-6-8-10-12-14-16-18-36(32-24-27-35(40)28-25-32)34-26-29-39(41)38(30-34)37(33-22-20-31(3)21-23-33)19-17-15-13-11-9-7-5-2/h20-30,36-37H,4-19,40-41H2,1-3H3. The minimum atomic E-state index is 0.330. The monoisotopic (exact) mass is 554 g/mol. The molecule has 2 nitrogen and oxygen atoms in total. The van der Waals surface area contributed by atoms with Gasteiger partial charge in [-0.2, -0.15) is 0 Å². The summed E-state index contributed by atoms with van der Waals surface area (Å²) >= 11 is 0. The molecule has 0 heterocycles. The molecule has 0 spiro atoms. The highest BCUT2D eigenvalue weighted by Gasteiger charge is 2.21. The average molecular weight is 555 g/mol. The molecule has 3 rings (SSSR count). The molecule has 0 bridgehead atoms. The Kier molecular flexibility index (Phi) is 14.9. The lowest BCUT2D eigenvalue weighted by Gasteiger charge is -2.24. The van der Waals surface area contributed by atoms with E-state index in [-0.39, 0.29) is 0 Å². The fourth-order valence-corrected chi connectivity index (χ4v) is 6.28. The van der Waals surface area contributed by atoms with Gasteiger partial charge in [0.25, 0.3) is 0 Å². The summed E-state index contributed by atoms with van der Waals surface area (Å²) in [5, 5.41) is 0. The van der Waals surface area contributed by atoms with Gasteiger partial charge in [0.15, 0.2) is 0 Å². The SMILES string of the molecule is CCCCCCCCCC(c1ccc(N)cc1)c1ccc(N)c(C(CCCCCCCCC)c2ccc(C)cc2)c1. The van der Waals surface area contributed by atoms with E-state index < -0.39 is 0 Å². The second-order valence-electron chi connectivity index (χ2n) is 12.4. The van der Waals surface area contributed by atoms with Gasteiger partial charge in [0.05, 0.1) is 0 Å². The Bertz CT molecular complexity index is 1100. The number of nitrogens with two attached hydrogens (primary N) is 2. The molecule has 0 radical (unpaired) electrons. The number of nitrogen functional groups attached to an aromatic ring is 2. The predicted molar refractivity (Wildman–Crippen MR) is 182 cm³/mol. The van der Waals surface area contributed by atoms with Gasteiger partial charge in [-0.1, -0.05) is 158 Å². The van der Waals surface area contributed by atoms with Crippen molar-refractivity contribution in [2.45, 2.75) is 135 Å². The van der Waals surface area contributed by atoms with Gasteiger partial charge in [0, 0.05) is 23.2 Å². The van der Waals surface area contributed by atoms with Crippen LogP contribution in [0.25, 0.3) is 0 Å². The third kappa shape index (κ3) is 11.2. The summed E-state index contributed by atoms with van der Waals surface area (Å²) in [6.45, 7) is 6.75. The van der Waals surface area contributed by atoms with E-state index in [1.165, 1.54) is 118 Å². The average Bonchev–Trinajstić information content (AvgIpc) is 2.98. The van der Waals surface area contributed by atoms with Crippen molar-refractivity contribution < 1.29 is 0 Å². The molecular weight excluding hydrogens is 496 g/mol. The van der Waals surface area contributed by atoms with Crippen LogP contribution in [-0.2, 0) is 0 Å². The number of rotatable bonds is 20. The van der Waals surface area contributed by atoms with Gasteiger partial charge in [-0.15, -0.1) is 0 Å². The van der Waals surface area contributed by atoms with Crippen LogP contribution in [0.5, 0.6) is 0 Å². The molecule has 0 aromatic heterocycles. The summed E-state index contributed by atoms with van der Waals surface area (Å²) in [5.41, 5.74) is 21.4. The van der Waals surface area contributed by atoms with Crippen molar-refractivity contribution in [1.82, 2.24) is 0 Å². The van der Waals surface area contributed by atoms with E-state index in [9.17, 15) is 0 Å². The lowest BCUT2D eigenvalue weighted by molar-refractivity contribution is 0.555. The summed E-state index contributed by atoms with van der Waals surface area (Å²) in [7, 11) is 0. The molecule has 0 saturated heterocycles. The molecule has 3 aromatic rings. The summed E-state index contributed by atoms with van der Waals surface area (Å²) in [5.74, 6) is 0.694. The molecule has 0 fully saturated rings. The number of hydrogen-bond donors (Lipinski definition) is 2. The van der Waals surface area contributed by atoms with E-state index in [1.54, 1.807) is 0 Å². The fourth-order valence-electron chi connectivity index (χ4n) is 6.28. The van der Waals surface area contributed by atoms with Gasteiger partial charge >= 0.3 is 0 Å². The lowest BCUT2D eigenvalue weighted by atomic mass is 9.81. The van der Waals surface area contributed by atoms with E-state index in [4.69, 9.17) is 11.5 Å². The number of unbranched alkanes of at least 4 members (excludes halogenated alkanes) is 12. The van der Waals surface area contributed by atoms with Gasteiger partial charge < -0.3 is 11.5 Å². The van der Waals surface area contributed by atoms with Crippen LogP contribution < -0.4 is 11.5 Å². The summed E-state index contributed by atoms with van der Waals surface area (Å²) < 4.78 is 0. The predicted octanol–water partition coefficient (Wildman–Crippen LogP) is 11.7. The van der Waals surface area contributed by atoms with Crippen molar-refractivity contribution in [1.29, 1.82) is 0 Å². The summed E-state index contributed by atoms with van der Waals surface area (Å²) in [6, 6.07) is 24.6. The number of benzene rings is 3. The normalized spacial score (nSPS) is 12.9. The Morgan fingerprint density at radius 2 is 0.927 bits per heavy atom. The van der Waals surface area contributed by atoms with Crippen LogP contribution >= 0.6 is 0 Å². The maximum absolute atomic E-state index is 6.76. The van der Waals surface area contributed by atoms with Crippen molar-refractivity contribution in [3.63, 3.8) is 0 Å². The molecule has 0 amide bonds. The topological polar surface area (TPSA) is 52.0 Å². The number of hydrogen-bond acceptors (Lipinski definition) is 2. The first-order valence-corrected chi connectivity index (χ1v) is 16.8. The van der Waals surface area contributed by atoms with E-state index in [0.29, 0.717) is 11.8 Å². The second-order valence-corrected chi connectivity index (χ2v) is 12.4. The molecule has 0 aliphatic heterocycles. The van der Waals surface area contributed by atoms with Crippen molar-refractivity contribution in [3.8, 4) is 0 Å². The first kappa shape index (κ1) is 32.8. The van der Waals surface area contributed by atoms with Crippen LogP contribution in [0.15, 0.2) is 66.7 Å². The zero-order valence-electron chi connectivity index (χ0n) is 26.5. The van der Waals surface area contributed by atoms with Crippen LogP contribution in [0, 0.1) is 6.92 Å². The van der Waals surface area contributed by atoms with E-state index in [2.05, 4.69) is 87.5 Å². The largest absolute Gasteiger partial charge is 0.399 e. The highest BCUT2D eigenvalue weighted by molar-refractivity contribution is 5.55. The third-order valence-corrected chi connectivity index (χ3v) is 8.90. The van der Waals surface area contributed by atoms with Crippen molar-refractivity contribution in [2.75, 3.05) is 11.5 Å². The minimum absolute atomic E-state index is 0.330. The first-order chi connectivity index (χ1) is 20.0. The third-order valence-electron chi connectivity index (χ3n) is 8.90. The van der Waals surface area contributed by atoms with Gasteiger partial charge in [0.1, 0.15) is 0 Å². The van der Waals surface area contributed by atoms with Gasteiger partial charge in [0.2, 0.25) is 0 Å². The summed E-state index contributed by atoms with van der Waals surface area (Å²) in [6.07, 6.45) is 20.9. The Morgan fingerprint density at radius 1 is 0.488 bits per heavy atom. The van der Waals surface area contributed by atoms with Crippen molar-refractivity contribution in [3.05, 3.63) is 94.5 Å². The van der Waals surface area contributed by atoms with Crippen molar-refractivity contribution in [2.24, 2.45) is 0 Å². The molecule has 0 aliphatic carbocycles. The molecule has 2 unspecified atom stereocenters. The minimum Gasteiger partial charge on any atom is -0.399 e. The second kappa shape index (κ2) is 18.6. The zero-order valence-corrected chi connectivity index (χ0v) is 26.5. The van der Waals surface area contributed by atoms with Crippen LogP contribution in [-0.4, -0.2) is 0 Å². The van der Waals surface area contributed by atoms with E-state index in [1.807, 2.05) is 0 Å². The Morgan fingerprint density at radius 3 is 1.49 bits per heavy atom. The molecule has 3 aromatic carbocycles. The van der Waals surface area contributed by atoms with Gasteiger partial charge in [-0.05, 0) is 60.2 Å². The Hall–Kier alpha value is -2.74.